The molecule has 2 amide bonds. The molecular weight excluding hydrogens is 516 g/mol. The third-order valence-corrected chi connectivity index (χ3v) is 9.41. The third-order valence-electron chi connectivity index (χ3n) is 7.25. The van der Waals surface area contributed by atoms with Crippen molar-refractivity contribution in [3.8, 4) is 5.75 Å². The van der Waals surface area contributed by atoms with E-state index in [0.717, 1.165) is 16.4 Å². The van der Waals surface area contributed by atoms with Crippen molar-refractivity contribution < 1.29 is 22.7 Å². The molecule has 1 saturated carbocycles. The zero-order valence-electron chi connectivity index (χ0n) is 23.7. The number of rotatable bonds is 13. The Morgan fingerprint density at radius 3 is 2.18 bits per heavy atom. The average molecular weight is 559 g/mol. The van der Waals surface area contributed by atoms with Gasteiger partial charge in [-0.3, -0.25) is 9.59 Å². The molecule has 1 aliphatic carbocycles. The lowest BCUT2D eigenvalue weighted by atomic mass is 10.1. The minimum absolute atomic E-state index is 0.00887. The molecule has 1 fully saturated rings. The van der Waals surface area contributed by atoms with Gasteiger partial charge < -0.3 is 20.3 Å². The summed E-state index contributed by atoms with van der Waals surface area (Å²) in [5.74, 6) is -0.0219. The van der Waals surface area contributed by atoms with Crippen LogP contribution in [0.2, 0.25) is 0 Å². The van der Waals surface area contributed by atoms with E-state index in [0.29, 0.717) is 29.5 Å². The van der Waals surface area contributed by atoms with E-state index in [-0.39, 0.29) is 36.2 Å². The van der Waals surface area contributed by atoms with Crippen LogP contribution >= 0.6 is 0 Å². The minimum atomic E-state index is -3.79. The fraction of sp³-hybridized carbons (Fsp3) is 0.517. The number of nitrogens with zero attached hydrogens (tertiary/aromatic N) is 2. The molecule has 3 rings (SSSR count). The summed E-state index contributed by atoms with van der Waals surface area (Å²) in [5.41, 5.74) is 3.38. The standard InChI is InChI=1S/C29H42N4O5S/c1-21-16-26(38-5)17-22(2)29(21)39(36,37)33(4)15-14-27(34)31-19-28(35)32(3)20-24-12-10-23(11-13-24)18-30-25-8-6-7-9-25/h10-13,16-17,25,30H,6-9,14-15,18-20H2,1-5H3,(H,31,34). The van der Waals surface area contributed by atoms with Gasteiger partial charge in [0.05, 0.1) is 18.6 Å². The van der Waals surface area contributed by atoms with Crippen molar-refractivity contribution in [2.45, 2.75) is 70.0 Å². The highest BCUT2D eigenvalue weighted by molar-refractivity contribution is 7.89. The lowest BCUT2D eigenvalue weighted by molar-refractivity contribution is -0.132. The molecule has 0 aromatic heterocycles. The molecule has 0 heterocycles. The van der Waals surface area contributed by atoms with Crippen LogP contribution in [0.25, 0.3) is 0 Å². The number of ether oxygens (including phenoxy) is 1. The zero-order chi connectivity index (χ0) is 28.6. The van der Waals surface area contributed by atoms with Crippen LogP contribution in [0.15, 0.2) is 41.3 Å². The van der Waals surface area contributed by atoms with Gasteiger partial charge in [-0.05, 0) is 61.1 Å². The lowest BCUT2D eigenvalue weighted by Crippen LogP contribution is -2.39. The van der Waals surface area contributed by atoms with Crippen LogP contribution in [0.4, 0.5) is 0 Å². The molecule has 0 radical (unpaired) electrons. The summed E-state index contributed by atoms with van der Waals surface area (Å²) in [6, 6.07) is 12.2. The van der Waals surface area contributed by atoms with Crippen LogP contribution in [0.5, 0.6) is 5.75 Å². The molecule has 9 nitrogen and oxygen atoms in total. The minimum Gasteiger partial charge on any atom is -0.497 e. The van der Waals surface area contributed by atoms with Crippen molar-refractivity contribution in [1.29, 1.82) is 0 Å². The highest BCUT2D eigenvalue weighted by Gasteiger charge is 2.26. The fourth-order valence-electron chi connectivity index (χ4n) is 4.88. The predicted octanol–water partition coefficient (Wildman–Crippen LogP) is 3.13. The topological polar surface area (TPSA) is 108 Å². The Balaban J connectivity index is 1.42. The number of hydrogen-bond donors (Lipinski definition) is 2. The van der Waals surface area contributed by atoms with Crippen LogP contribution in [0.3, 0.4) is 0 Å². The first-order valence-electron chi connectivity index (χ1n) is 13.4. The number of nitrogens with one attached hydrogen (secondary N) is 2. The number of aryl methyl sites for hydroxylation is 2. The maximum atomic E-state index is 13.1. The summed E-state index contributed by atoms with van der Waals surface area (Å²) in [7, 11) is 0.881. The van der Waals surface area contributed by atoms with Crippen molar-refractivity contribution in [3.63, 3.8) is 0 Å². The highest BCUT2D eigenvalue weighted by Crippen LogP contribution is 2.27. The molecule has 214 valence electrons. The Labute approximate surface area is 233 Å². The molecule has 0 atom stereocenters. The third kappa shape index (κ3) is 8.52. The van der Waals surface area contributed by atoms with Gasteiger partial charge in [-0.1, -0.05) is 37.1 Å². The summed E-state index contributed by atoms with van der Waals surface area (Å²) in [5, 5.41) is 6.21. The molecule has 39 heavy (non-hydrogen) atoms. The number of hydrogen-bond acceptors (Lipinski definition) is 6. The summed E-state index contributed by atoms with van der Waals surface area (Å²) < 4.78 is 32.6. The van der Waals surface area contributed by atoms with Crippen LogP contribution in [0.1, 0.15) is 54.4 Å². The Hall–Kier alpha value is -2.95. The van der Waals surface area contributed by atoms with E-state index in [1.807, 2.05) is 12.1 Å². The zero-order valence-corrected chi connectivity index (χ0v) is 24.6. The van der Waals surface area contributed by atoms with Crippen molar-refractivity contribution >= 4 is 21.8 Å². The van der Waals surface area contributed by atoms with Crippen LogP contribution < -0.4 is 15.4 Å². The Bertz CT molecular complexity index is 1220. The summed E-state index contributed by atoms with van der Waals surface area (Å²) in [6.45, 7) is 4.56. The number of carbonyl (C=O) groups is 2. The van der Waals surface area contributed by atoms with Gasteiger partial charge in [0.15, 0.2) is 0 Å². The van der Waals surface area contributed by atoms with Gasteiger partial charge in [-0.25, -0.2) is 12.7 Å². The predicted molar refractivity (Wildman–Crippen MR) is 152 cm³/mol. The Morgan fingerprint density at radius 1 is 1.00 bits per heavy atom. The Kier molecular flexibility index (Phi) is 10.9. The Morgan fingerprint density at radius 2 is 1.59 bits per heavy atom. The molecule has 0 aliphatic heterocycles. The van der Waals surface area contributed by atoms with Gasteiger partial charge >= 0.3 is 0 Å². The molecule has 2 aromatic carbocycles. The van der Waals surface area contributed by atoms with Crippen LogP contribution in [-0.2, 0) is 32.7 Å². The second-order valence-electron chi connectivity index (χ2n) is 10.4. The molecule has 2 aromatic rings. The van der Waals surface area contributed by atoms with Gasteiger partial charge in [-0.2, -0.15) is 0 Å². The second-order valence-corrected chi connectivity index (χ2v) is 12.4. The quantitative estimate of drug-likeness (QED) is 0.391. The van der Waals surface area contributed by atoms with Crippen LogP contribution in [-0.4, -0.2) is 69.8 Å². The summed E-state index contributed by atoms with van der Waals surface area (Å²) >= 11 is 0. The van der Waals surface area contributed by atoms with E-state index >= 15 is 0 Å². The van der Waals surface area contributed by atoms with Crippen molar-refractivity contribution in [1.82, 2.24) is 19.8 Å². The van der Waals surface area contributed by atoms with E-state index in [2.05, 4.69) is 22.8 Å². The SMILES string of the molecule is COc1cc(C)c(S(=O)(=O)N(C)CCC(=O)NCC(=O)N(C)Cc2ccc(CNC3CCCC3)cc2)c(C)c1. The number of amides is 2. The molecule has 0 saturated heterocycles. The molecule has 0 spiro atoms. The highest BCUT2D eigenvalue weighted by atomic mass is 32.2. The van der Waals surface area contributed by atoms with Gasteiger partial charge in [0.2, 0.25) is 21.8 Å². The van der Waals surface area contributed by atoms with Gasteiger partial charge in [0.1, 0.15) is 5.75 Å². The van der Waals surface area contributed by atoms with Gasteiger partial charge in [0, 0.05) is 46.2 Å². The van der Waals surface area contributed by atoms with E-state index in [9.17, 15) is 18.0 Å². The molecule has 0 unspecified atom stereocenters. The number of benzene rings is 2. The van der Waals surface area contributed by atoms with E-state index in [4.69, 9.17) is 4.74 Å². The molecule has 0 bridgehead atoms. The average Bonchev–Trinajstić information content (AvgIpc) is 3.43. The van der Waals surface area contributed by atoms with Crippen LogP contribution in [0, 0.1) is 13.8 Å². The van der Waals surface area contributed by atoms with Gasteiger partial charge in [-0.15, -0.1) is 0 Å². The molecule has 1 aliphatic rings. The first-order chi connectivity index (χ1) is 18.5. The second kappa shape index (κ2) is 13.9. The summed E-state index contributed by atoms with van der Waals surface area (Å²) in [6.07, 6.45) is 5.05. The maximum Gasteiger partial charge on any atom is 0.243 e. The van der Waals surface area contributed by atoms with Crippen molar-refractivity contribution in [3.05, 3.63) is 58.7 Å². The first-order valence-corrected chi connectivity index (χ1v) is 14.9. The maximum absolute atomic E-state index is 13.1. The largest absolute Gasteiger partial charge is 0.497 e. The smallest absolute Gasteiger partial charge is 0.243 e. The number of sulfonamides is 1. The number of carbonyl (C=O) groups excluding carboxylic acids is 2. The van der Waals surface area contributed by atoms with E-state index < -0.39 is 10.0 Å². The monoisotopic (exact) mass is 558 g/mol. The normalized spacial score (nSPS) is 14.0. The fourth-order valence-corrected chi connectivity index (χ4v) is 6.46. The van der Waals surface area contributed by atoms with E-state index in [1.165, 1.54) is 45.4 Å². The number of methoxy groups -OCH3 is 1. The molecule has 2 N–H and O–H groups in total. The number of likely N-dealkylation sites (N-methyl/N-ethyl adjacent to an activating group) is 1. The lowest BCUT2D eigenvalue weighted by Gasteiger charge is -2.21. The van der Waals surface area contributed by atoms with E-state index in [1.54, 1.807) is 37.9 Å². The van der Waals surface area contributed by atoms with Gasteiger partial charge in [0.25, 0.3) is 0 Å². The summed E-state index contributed by atoms with van der Waals surface area (Å²) in [4.78, 5) is 26.7. The van der Waals surface area contributed by atoms with Crippen molar-refractivity contribution in [2.75, 3.05) is 34.3 Å². The van der Waals surface area contributed by atoms with Crippen molar-refractivity contribution in [2.24, 2.45) is 0 Å². The molecular formula is C29H42N4O5S. The molecule has 10 heteroatoms. The first kappa shape index (κ1) is 30.6.